The van der Waals surface area contributed by atoms with Crippen LogP contribution in [-0.4, -0.2) is 28.1 Å². The summed E-state index contributed by atoms with van der Waals surface area (Å²) in [6.07, 6.45) is 5.57. The first-order valence-electron chi connectivity index (χ1n) is 7.37. The fourth-order valence-electron chi connectivity index (χ4n) is 2.75. The molecule has 2 heterocycles. The lowest BCUT2D eigenvalue weighted by atomic mass is 10.2. The Labute approximate surface area is 122 Å². The quantitative estimate of drug-likeness (QED) is 0.759. The minimum absolute atomic E-state index is 0.00573. The maximum absolute atomic E-state index is 11.7. The third-order valence-corrected chi connectivity index (χ3v) is 3.87. The Hall–Kier alpha value is -2.12. The van der Waals surface area contributed by atoms with E-state index in [0.29, 0.717) is 24.6 Å². The molecule has 1 atom stereocenters. The summed E-state index contributed by atoms with van der Waals surface area (Å²) in [7, 11) is 0. The lowest BCUT2D eigenvalue weighted by Gasteiger charge is -2.11. The van der Waals surface area contributed by atoms with Gasteiger partial charge in [-0.2, -0.15) is 4.98 Å². The second-order valence-corrected chi connectivity index (χ2v) is 5.52. The molecule has 21 heavy (non-hydrogen) atoms. The molecule has 114 valence electrons. The average Bonchev–Trinajstić information content (AvgIpc) is 3.17. The fourth-order valence-corrected chi connectivity index (χ4v) is 2.75. The number of carbonyl (C=O) groups excluding carboxylic acids is 2. The Kier molecular flexibility index (Phi) is 4.03. The van der Waals surface area contributed by atoms with Crippen molar-refractivity contribution in [3.8, 4) is 0 Å². The molecule has 1 aromatic heterocycles. The topological polar surface area (TPSA) is 109 Å². The van der Waals surface area contributed by atoms with Crippen molar-refractivity contribution in [1.82, 2.24) is 26.1 Å². The Morgan fingerprint density at radius 3 is 2.86 bits per heavy atom. The van der Waals surface area contributed by atoms with Crippen LogP contribution in [0, 0.1) is 0 Å². The second kappa shape index (κ2) is 6.11. The van der Waals surface area contributed by atoms with Crippen LogP contribution in [0.1, 0.15) is 56.3 Å². The van der Waals surface area contributed by atoms with Crippen molar-refractivity contribution in [3.05, 3.63) is 11.7 Å². The molecule has 0 aromatic carbocycles. The van der Waals surface area contributed by atoms with Crippen molar-refractivity contribution >= 4 is 11.9 Å². The summed E-state index contributed by atoms with van der Waals surface area (Å²) in [5, 5.41) is 12.2. The molecule has 1 saturated carbocycles. The SMILES string of the molecule is O=C1CC[C@@H](c2nc(CNC(=O)NC3CCCC3)no2)N1. The third-order valence-electron chi connectivity index (χ3n) is 3.87. The van der Waals surface area contributed by atoms with Gasteiger partial charge in [-0.3, -0.25) is 4.79 Å². The summed E-state index contributed by atoms with van der Waals surface area (Å²) in [5.74, 6) is 0.801. The number of aromatic nitrogens is 2. The molecule has 1 saturated heterocycles. The highest BCUT2D eigenvalue weighted by atomic mass is 16.5. The van der Waals surface area contributed by atoms with E-state index >= 15 is 0 Å². The first-order chi connectivity index (χ1) is 10.2. The number of rotatable bonds is 4. The van der Waals surface area contributed by atoms with Crippen LogP contribution in [0.25, 0.3) is 0 Å². The van der Waals surface area contributed by atoms with Crippen LogP contribution in [0.5, 0.6) is 0 Å². The van der Waals surface area contributed by atoms with E-state index in [-0.39, 0.29) is 30.6 Å². The molecule has 2 aliphatic rings. The van der Waals surface area contributed by atoms with Gasteiger partial charge in [0.1, 0.15) is 6.04 Å². The molecule has 0 radical (unpaired) electrons. The van der Waals surface area contributed by atoms with Crippen molar-refractivity contribution in [1.29, 1.82) is 0 Å². The van der Waals surface area contributed by atoms with Gasteiger partial charge >= 0.3 is 6.03 Å². The highest BCUT2D eigenvalue weighted by molar-refractivity contribution is 5.78. The highest BCUT2D eigenvalue weighted by Crippen LogP contribution is 2.21. The smallest absolute Gasteiger partial charge is 0.315 e. The van der Waals surface area contributed by atoms with Crippen molar-refractivity contribution in [2.75, 3.05) is 0 Å². The monoisotopic (exact) mass is 293 g/mol. The number of nitrogens with zero attached hydrogens (tertiary/aromatic N) is 2. The van der Waals surface area contributed by atoms with Crippen LogP contribution < -0.4 is 16.0 Å². The average molecular weight is 293 g/mol. The molecule has 3 rings (SSSR count). The zero-order valence-electron chi connectivity index (χ0n) is 11.7. The van der Waals surface area contributed by atoms with Crippen LogP contribution in [0.15, 0.2) is 4.52 Å². The van der Waals surface area contributed by atoms with Gasteiger partial charge < -0.3 is 20.5 Å². The molecular formula is C13H19N5O3. The van der Waals surface area contributed by atoms with Crippen molar-refractivity contribution in [2.24, 2.45) is 0 Å². The van der Waals surface area contributed by atoms with E-state index in [1.54, 1.807) is 0 Å². The van der Waals surface area contributed by atoms with Crippen LogP contribution in [0.3, 0.4) is 0 Å². The van der Waals surface area contributed by atoms with Crippen LogP contribution in [-0.2, 0) is 11.3 Å². The van der Waals surface area contributed by atoms with E-state index in [0.717, 1.165) is 12.8 Å². The number of carbonyl (C=O) groups is 2. The van der Waals surface area contributed by atoms with E-state index in [1.807, 2.05) is 0 Å². The molecule has 0 unspecified atom stereocenters. The maximum atomic E-state index is 11.7. The Balaban J connectivity index is 1.46. The zero-order valence-corrected chi connectivity index (χ0v) is 11.7. The van der Waals surface area contributed by atoms with Gasteiger partial charge in [0, 0.05) is 12.5 Å². The molecule has 8 nitrogen and oxygen atoms in total. The predicted octanol–water partition coefficient (Wildman–Crippen LogP) is 0.762. The van der Waals surface area contributed by atoms with Gasteiger partial charge in [0.25, 0.3) is 0 Å². The van der Waals surface area contributed by atoms with Crippen LogP contribution in [0.4, 0.5) is 4.79 Å². The first kappa shape index (κ1) is 13.8. The first-order valence-corrected chi connectivity index (χ1v) is 7.37. The molecule has 2 fully saturated rings. The van der Waals surface area contributed by atoms with E-state index in [1.165, 1.54) is 12.8 Å². The molecule has 1 aliphatic heterocycles. The molecule has 0 spiro atoms. The summed E-state index contributed by atoms with van der Waals surface area (Å²) in [6, 6.07) is -0.131. The zero-order chi connectivity index (χ0) is 14.7. The summed E-state index contributed by atoms with van der Waals surface area (Å²) in [5.41, 5.74) is 0. The fraction of sp³-hybridized carbons (Fsp3) is 0.692. The van der Waals surface area contributed by atoms with Crippen LogP contribution in [0.2, 0.25) is 0 Å². The third kappa shape index (κ3) is 3.50. The Bertz CT molecular complexity index is 524. The van der Waals surface area contributed by atoms with Crippen molar-refractivity contribution < 1.29 is 14.1 Å². The molecule has 3 amide bonds. The largest absolute Gasteiger partial charge is 0.344 e. The van der Waals surface area contributed by atoms with Gasteiger partial charge in [0.2, 0.25) is 11.8 Å². The Morgan fingerprint density at radius 2 is 2.14 bits per heavy atom. The number of hydrogen-bond donors (Lipinski definition) is 3. The van der Waals surface area contributed by atoms with Gasteiger partial charge in [-0.05, 0) is 19.3 Å². The summed E-state index contributed by atoms with van der Waals surface area (Å²) < 4.78 is 5.12. The van der Waals surface area contributed by atoms with E-state index in [2.05, 4.69) is 26.1 Å². The molecule has 1 aromatic rings. The van der Waals surface area contributed by atoms with Gasteiger partial charge in [-0.1, -0.05) is 18.0 Å². The molecule has 3 N–H and O–H groups in total. The maximum Gasteiger partial charge on any atom is 0.315 e. The number of amides is 3. The minimum atomic E-state index is -0.206. The van der Waals surface area contributed by atoms with E-state index in [4.69, 9.17) is 4.52 Å². The van der Waals surface area contributed by atoms with Gasteiger partial charge in [0.15, 0.2) is 5.82 Å². The molecular weight excluding hydrogens is 274 g/mol. The van der Waals surface area contributed by atoms with E-state index in [9.17, 15) is 9.59 Å². The summed E-state index contributed by atoms with van der Waals surface area (Å²) in [6.45, 7) is 0.211. The number of hydrogen-bond acceptors (Lipinski definition) is 5. The Morgan fingerprint density at radius 1 is 1.33 bits per heavy atom. The lowest BCUT2D eigenvalue weighted by Crippen LogP contribution is -2.40. The van der Waals surface area contributed by atoms with Crippen molar-refractivity contribution in [3.63, 3.8) is 0 Å². The number of nitrogens with one attached hydrogen (secondary N) is 3. The minimum Gasteiger partial charge on any atom is -0.344 e. The van der Waals surface area contributed by atoms with Gasteiger partial charge in [0.05, 0.1) is 6.54 Å². The lowest BCUT2D eigenvalue weighted by molar-refractivity contribution is -0.119. The van der Waals surface area contributed by atoms with Crippen LogP contribution >= 0.6 is 0 Å². The van der Waals surface area contributed by atoms with Crippen molar-refractivity contribution in [2.45, 2.75) is 57.2 Å². The number of urea groups is 1. The highest BCUT2D eigenvalue weighted by Gasteiger charge is 2.27. The standard InChI is InChI=1S/C13H19N5O3/c19-11-6-5-9(16-11)12-17-10(18-21-12)7-14-13(20)15-8-3-1-2-4-8/h8-9H,1-7H2,(H,16,19)(H2,14,15,20)/t9-/m0/s1. The predicted molar refractivity (Wildman–Crippen MR) is 72.0 cm³/mol. The summed E-state index contributed by atoms with van der Waals surface area (Å²) >= 11 is 0. The van der Waals surface area contributed by atoms with Gasteiger partial charge in [-0.15, -0.1) is 0 Å². The van der Waals surface area contributed by atoms with Gasteiger partial charge in [-0.25, -0.2) is 4.79 Å². The van der Waals surface area contributed by atoms with E-state index < -0.39 is 0 Å². The molecule has 8 heteroatoms. The normalized spacial score (nSPS) is 22.3. The molecule has 0 bridgehead atoms. The summed E-state index contributed by atoms with van der Waals surface area (Å²) in [4.78, 5) is 27.1. The second-order valence-electron chi connectivity index (χ2n) is 5.52. The molecule has 1 aliphatic carbocycles.